The van der Waals surface area contributed by atoms with Crippen molar-refractivity contribution in [2.24, 2.45) is 0 Å². The lowest BCUT2D eigenvalue weighted by atomic mass is 10.0. The summed E-state index contributed by atoms with van der Waals surface area (Å²) in [5.74, 6) is -0.268. The first kappa shape index (κ1) is 14.9. The molecule has 0 aliphatic heterocycles. The Morgan fingerprint density at radius 2 is 1.83 bits per heavy atom. The zero-order valence-corrected chi connectivity index (χ0v) is 11.9. The molecule has 0 fully saturated rings. The Hall–Kier alpha value is -1.13. The second-order valence-corrected chi connectivity index (χ2v) is 5.06. The van der Waals surface area contributed by atoms with Gasteiger partial charge in [0.15, 0.2) is 0 Å². The zero-order chi connectivity index (χ0) is 13.9. The summed E-state index contributed by atoms with van der Waals surface area (Å²) in [6, 6.07) is 3.23. The normalized spacial score (nSPS) is 12.9. The van der Waals surface area contributed by atoms with Crippen LogP contribution in [0.2, 0.25) is 0 Å². The molecule has 0 heterocycles. The van der Waals surface area contributed by atoms with E-state index in [0.29, 0.717) is 11.1 Å². The van der Waals surface area contributed by atoms with Crippen molar-refractivity contribution < 1.29 is 9.50 Å². The number of halogens is 1. The van der Waals surface area contributed by atoms with E-state index in [1.54, 1.807) is 19.9 Å². The van der Waals surface area contributed by atoms with Crippen LogP contribution in [0, 0.1) is 12.7 Å². The number of aliphatic hydroxyl groups is 1. The van der Waals surface area contributed by atoms with Crippen LogP contribution in [0.5, 0.6) is 0 Å². The average Bonchev–Trinajstić information content (AvgIpc) is 2.28. The van der Waals surface area contributed by atoms with Crippen molar-refractivity contribution in [2.75, 3.05) is 39.1 Å². The summed E-state index contributed by atoms with van der Waals surface area (Å²) in [7, 11) is 5.99. The van der Waals surface area contributed by atoms with Crippen LogP contribution in [0.4, 0.5) is 10.1 Å². The van der Waals surface area contributed by atoms with E-state index in [4.69, 9.17) is 0 Å². The summed E-state index contributed by atoms with van der Waals surface area (Å²) in [5, 5.41) is 9.74. The smallest absolute Gasteiger partial charge is 0.126 e. The first-order valence-electron chi connectivity index (χ1n) is 6.17. The predicted molar refractivity (Wildman–Crippen MR) is 73.6 cm³/mol. The summed E-state index contributed by atoms with van der Waals surface area (Å²) in [6.45, 7) is 5.14. The molecule has 1 rings (SSSR count). The van der Waals surface area contributed by atoms with Crippen molar-refractivity contribution in [3.8, 4) is 0 Å². The van der Waals surface area contributed by atoms with E-state index >= 15 is 0 Å². The molecule has 1 aromatic carbocycles. The Morgan fingerprint density at radius 3 is 2.33 bits per heavy atom. The van der Waals surface area contributed by atoms with Crippen LogP contribution < -0.4 is 4.90 Å². The van der Waals surface area contributed by atoms with Gasteiger partial charge in [0.05, 0.1) is 6.10 Å². The Morgan fingerprint density at radius 1 is 1.22 bits per heavy atom. The van der Waals surface area contributed by atoms with Gasteiger partial charge in [-0.2, -0.15) is 0 Å². The Kier molecular flexibility index (Phi) is 5.11. The van der Waals surface area contributed by atoms with Crippen molar-refractivity contribution in [3.63, 3.8) is 0 Å². The molecule has 18 heavy (non-hydrogen) atoms. The van der Waals surface area contributed by atoms with Crippen LogP contribution in [0.25, 0.3) is 0 Å². The highest BCUT2D eigenvalue weighted by Gasteiger charge is 2.14. The molecule has 0 radical (unpaired) electrons. The Bertz CT molecular complexity index is 405. The lowest BCUT2D eigenvalue weighted by molar-refractivity contribution is 0.199. The summed E-state index contributed by atoms with van der Waals surface area (Å²) >= 11 is 0. The average molecular weight is 254 g/mol. The van der Waals surface area contributed by atoms with E-state index < -0.39 is 6.10 Å². The highest BCUT2D eigenvalue weighted by atomic mass is 19.1. The molecule has 4 heteroatoms. The van der Waals surface area contributed by atoms with Crippen molar-refractivity contribution >= 4 is 5.69 Å². The molecule has 0 aliphatic carbocycles. The molecule has 1 aromatic rings. The van der Waals surface area contributed by atoms with Crippen LogP contribution in [-0.2, 0) is 0 Å². The van der Waals surface area contributed by atoms with Crippen molar-refractivity contribution in [1.29, 1.82) is 0 Å². The molecule has 1 N–H and O–H groups in total. The highest BCUT2D eigenvalue weighted by Crippen LogP contribution is 2.28. The van der Waals surface area contributed by atoms with Gasteiger partial charge in [-0.05, 0) is 45.6 Å². The van der Waals surface area contributed by atoms with E-state index in [9.17, 15) is 9.50 Å². The fourth-order valence-corrected chi connectivity index (χ4v) is 1.82. The van der Waals surface area contributed by atoms with Crippen LogP contribution in [0.3, 0.4) is 0 Å². The molecule has 0 bridgehead atoms. The second-order valence-electron chi connectivity index (χ2n) is 5.06. The number of benzene rings is 1. The topological polar surface area (TPSA) is 26.7 Å². The molecule has 102 valence electrons. The number of aliphatic hydroxyl groups excluding tert-OH is 1. The van der Waals surface area contributed by atoms with Gasteiger partial charge in [-0.1, -0.05) is 0 Å². The Labute approximate surface area is 109 Å². The summed E-state index contributed by atoms with van der Waals surface area (Å²) in [5.41, 5.74) is 2.14. The lowest BCUT2D eigenvalue weighted by Crippen LogP contribution is -2.29. The maximum absolute atomic E-state index is 13.6. The quantitative estimate of drug-likeness (QED) is 0.872. The van der Waals surface area contributed by atoms with E-state index in [-0.39, 0.29) is 5.82 Å². The minimum atomic E-state index is -0.670. The number of hydrogen-bond acceptors (Lipinski definition) is 3. The first-order valence-corrected chi connectivity index (χ1v) is 6.17. The molecule has 0 amide bonds. The fourth-order valence-electron chi connectivity index (χ4n) is 1.82. The summed E-state index contributed by atoms with van der Waals surface area (Å²) < 4.78 is 13.6. The van der Waals surface area contributed by atoms with Gasteiger partial charge in [0.25, 0.3) is 0 Å². The minimum absolute atomic E-state index is 0.268. The fraction of sp³-hybridized carbons (Fsp3) is 0.571. The molecule has 0 spiro atoms. The molecule has 0 aromatic heterocycles. The molecule has 1 atom stereocenters. The predicted octanol–water partition coefficient (Wildman–Crippen LogP) is 2.19. The van der Waals surface area contributed by atoms with Gasteiger partial charge >= 0.3 is 0 Å². The molecule has 0 unspecified atom stereocenters. The second kappa shape index (κ2) is 6.16. The third kappa shape index (κ3) is 3.68. The van der Waals surface area contributed by atoms with Gasteiger partial charge in [-0.25, -0.2) is 4.39 Å². The molecule has 3 nitrogen and oxygen atoms in total. The standard InChI is InChI=1S/C14H23FN2O/c1-10-8-14(17(5)7-6-16(3)4)12(11(2)18)9-13(10)15/h8-9,11,18H,6-7H2,1-5H3/t11-/m1/s1. The van der Waals surface area contributed by atoms with Gasteiger partial charge in [0.1, 0.15) is 5.82 Å². The van der Waals surface area contributed by atoms with Crippen molar-refractivity contribution in [1.82, 2.24) is 4.90 Å². The number of nitrogens with zero attached hydrogens (tertiary/aromatic N) is 2. The molecular weight excluding hydrogens is 231 g/mol. The van der Waals surface area contributed by atoms with Crippen LogP contribution >= 0.6 is 0 Å². The maximum Gasteiger partial charge on any atom is 0.126 e. The molecule has 0 saturated carbocycles. The number of anilines is 1. The zero-order valence-electron chi connectivity index (χ0n) is 11.9. The largest absolute Gasteiger partial charge is 0.389 e. The summed E-state index contributed by atoms with van der Waals surface area (Å²) in [4.78, 5) is 4.14. The van der Waals surface area contributed by atoms with E-state index in [1.807, 2.05) is 21.1 Å². The number of likely N-dealkylation sites (N-methyl/N-ethyl adjacent to an activating group) is 2. The maximum atomic E-state index is 13.6. The molecule has 0 aliphatic rings. The van der Waals surface area contributed by atoms with Gasteiger partial charge in [-0.15, -0.1) is 0 Å². The molecular formula is C14H23FN2O. The van der Waals surface area contributed by atoms with Crippen LogP contribution in [0.15, 0.2) is 12.1 Å². The number of aryl methyl sites for hydroxylation is 1. The number of rotatable bonds is 5. The van der Waals surface area contributed by atoms with Gasteiger partial charge < -0.3 is 14.9 Å². The van der Waals surface area contributed by atoms with Gasteiger partial charge in [0.2, 0.25) is 0 Å². The van der Waals surface area contributed by atoms with Crippen molar-refractivity contribution in [2.45, 2.75) is 20.0 Å². The monoisotopic (exact) mass is 254 g/mol. The highest BCUT2D eigenvalue weighted by molar-refractivity contribution is 5.56. The SMILES string of the molecule is Cc1cc(N(C)CCN(C)C)c([C@@H](C)O)cc1F. The van der Waals surface area contributed by atoms with Gasteiger partial charge in [-0.3, -0.25) is 0 Å². The van der Waals surface area contributed by atoms with Gasteiger partial charge in [0, 0.05) is 31.4 Å². The first-order chi connectivity index (χ1) is 8.32. The number of hydrogen-bond donors (Lipinski definition) is 1. The third-order valence-corrected chi connectivity index (χ3v) is 3.05. The Balaban J connectivity index is 3.02. The lowest BCUT2D eigenvalue weighted by Gasteiger charge is -2.25. The van der Waals surface area contributed by atoms with Crippen LogP contribution in [-0.4, -0.2) is 44.2 Å². The minimum Gasteiger partial charge on any atom is -0.389 e. The van der Waals surface area contributed by atoms with E-state index in [2.05, 4.69) is 9.80 Å². The molecule has 0 saturated heterocycles. The van der Waals surface area contributed by atoms with Crippen molar-refractivity contribution in [3.05, 3.63) is 29.1 Å². The van der Waals surface area contributed by atoms with E-state index in [1.165, 1.54) is 6.07 Å². The third-order valence-electron chi connectivity index (χ3n) is 3.05. The van der Waals surface area contributed by atoms with E-state index in [0.717, 1.165) is 18.8 Å². The summed E-state index contributed by atoms with van der Waals surface area (Å²) in [6.07, 6.45) is -0.670. The van der Waals surface area contributed by atoms with Crippen LogP contribution in [0.1, 0.15) is 24.2 Å².